The molecule has 2 aromatic carbocycles. The number of hydrogen-bond donors (Lipinski definition) is 1. The van der Waals surface area contributed by atoms with Gasteiger partial charge in [0, 0.05) is 25.0 Å². The molecular weight excluding hydrogens is 294 g/mol. The highest BCUT2D eigenvalue weighted by Gasteiger charge is 2.22. The molecule has 3 heteroatoms. The van der Waals surface area contributed by atoms with Gasteiger partial charge in [0.2, 0.25) is 0 Å². The first-order valence-electron chi connectivity index (χ1n) is 8.89. The quantitative estimate of drug-likeness (QED) is 0.760. The number of nitrogens with zero attached hydrogens (tertiary/aromatic N) is 2. The molecule has 0 saturated heterocycles. The number of rotatable bonds is 4. The third-order valence-corrected chi connectivity index (χ3v) is 5.13. The molecule has 1 unspecified atom stereocenters. The van der Waals surface area contributed by atoms with Gasteiger partial charge in [-0.1, -0.05) is 44.2 Å². The third kappa shape index (κ3) is 2.84. The van der Waals surface area contributed by atoms with E-state index in [1.165, 1.54) is 16.7 Å². The maximum absolute atomic E-state index is 4.67. The van der Waals surface area contributed by atoms with Crippen molar-refractivity contribution in [2.75, 3.05) is 0 Å². The highest BCUT2D eigenvalue weighted by molar-refractivity contribution is 5.76. The predicted molar refractivity (Wildman–Crippen MR) is 99.0 cm³/mol. The smallest absolute Gasteiger partial charge is 0.109 e. The SMILES string of the molecule is CC(C)c1nc2ccc(CC(C)N3Cc4ccccc4C3)cc2[nH]1. The molecule has 0 amide bonds. The number of fused-ring (bicyclic) bond motifs is 2. The molecule has 2 heterocycles. The maximum Gasteiger partial charge on any atom is 0.109 e. The number of aromatic nitrogens is 2. The zero-order valence-electron chi connectivity index (χ0n) is 14.7. The fourth-order valence-corrected chi connectivity index (χ4v) is 3.62. The molecule has 0 fully saturated rings. The highest BCUT2D eigenvalue weighted by Crippen LogP contribution is 2.26. The summed E-state index contributed by atoms with van der Waals surface area (Å²) in [5.41, 5.74) is 6.58. The molecule has 1 aliphatic rings. The standard InChI is InChI=1S/C21H25N3/c1-14(2)21-22-19-9-8-16(11-20(19)23-21)10-15(3)24-12-17-6-4-5-7-18(17)13-24/h4-9,11,14-15H,10,12-13H2,1-3H3,(H,22,23). The Balaban J connectivity index is 1.50. The number of hydrogen-bond acceptors (Lipinski definition) is 2. The Morgan fingerprint density at radius 2 is 1.75 bits per heavy atom. The van der Waals surface area contributed by atoms with Gasteiger partial charge >= 0.3 is 0 Å². The summed E-state index contributed by atoms with van der Waals surface area (Å²) in [6.45, 7) is 8.82. The van der Waals surface area contributed by atoms with Gasteiger partial charge in [-0.05, 0) is 42.2 Å². The highest BCUT2D eigenvalue weighted by atomic mass is 15.2. The van der Waals surface area contributed by atoms with Crippen LogP contribution >= 0.6 is 0 Å². The van der Waals surface area contributed by atoms with Crippen LogP contribution in [0.1, 0.15) is 49.2 Å². The molecule has 0 aliphatic carbocycles. The molecule has 0 bridgehead atoms. The van der Waals surface area contributed by atoms with Crippen molar-refractivity contribution in [1.29, 1.82) is 0 Å². The third-order valence-electron chi connectivity index (χ3n) is 5.13. The van der Waals surface area contributed by atoms with Crippen molar-refractivity contribution in [2.24, 2.45) is 0 Å². The van der Waals surface area contributed by atoms with Crippen LogP contribution in [0.25, 0.3) is 11.0 Å². The van der Waals surface area contributed by atoms with E-state index < -0.39 is 0 Å². The van der Waals surface area contributed by atoms with Gasteiger partial charge in [0.1, 0.15) is 5.82 Å². The minimum atomic E-state index is 0.433. The lowest BCUT2D eigenvalue weighted by Crippen LogP contribution is -2.29. The number of H-pyrrole nitrogens is 1. The Morgan fingerprint density at radius 3 is 2.42 bits per heavy atom. The monoisotopic (exact) mass is 319 g/mol. The van der Waals surface area contributed by atoms with Crippen LogP contribution in [-0.2, 0) is 19.5 Å². The van der Waals surface area contributed by atoms with Crippen molar-refractivity contribution >= 4 is 11.0 Å². The molecule has 4 rings (SSSR count). The minimum absolute atomic E-state index is 0.433. The maximum atomic E-state index is 4.67. The molecule has 3 aromatic rings. The minimum Gasteiger partial charge on any atom is -0.342 e. The summed E-state index contributed by atoms with van der Waals surface area (Å²) in [6, 6.07) is 16.0. The van der Waals surface area contributed by atoms with Gasteiger partial charge in [-0.25, -0.2) is 4.98 Å². The van der Waals surface area contributed by atoms with Crippen LogP contribution in [0.4, 0.5) is 0 Å². The van der Waals surface area contributed by atoms with E-state index in [1.807, 2.05) is 0 Å². The van der Waals surface area contributed by atoms with Gasteiger partial charge in [0.15, 0.2) is 0 Å². The molecular formula is C21H25N3. The van der Waals surface area contributed by atoms with Crippen molar-refractivity contribution in [2.45, 2.75) is 52.2 Å². The van der Waals surface area contributed by atoms with Gasteiger partial charge in [0.25, 0.3) is 0 Å². The zero-order valence-corrected chi connectivity index (χ0v) is 14.7. The summed E-state index contributed by atoms with van der Waals surface area (Å²) < 4.78 is 0. The summed E-state index contributed by atoms with van der Waals surface area (Å²) in [5.74, 6) is 1.51. The van der Waals surface area contributed by atoms with E-state index >= 15 is 0 Å². The molecule has 1 aromatic heterocycles. The van der Waals surface area contributed by atoms with Crippen molar-refractivity contribution in [1.82, 2.24) is 14.9 Å². The molecule has 0 saturated carbocycles. The molecule has 3 nitrogen and oxygen atoms in total. The summed E-state index contributed by atoms with van der Waals surface area (Å²) in [6.07, 6.45) is 1.07. The van der Waals surface area contributed by atoms with Crippen LogP contribution in [0.15, 0.2) is 42.5 Å². The molecule has 1 aliphatic heterocycles. The lowest BCUT2D eigenvalue weighted by molar-refractivity contribution is 0.211. The molecule has 1 N–H and O–H groups in total. The summed E-state index contributed by atoms with van der Waals surface area (Å²) in [4.78, 5) is 10.7. The van der Waals surface area contributed by atoms with Crippen LogP contribution in [0.2, 0.25) is 0 Å². The average Bonchev–Trinajstić information content (AvgIpc) is 3.18. The van der Waals surface area contributed by atoms with Gasteiger partial charge in [0.05, 0.1) is 11.0 Å². The number of benzene rings is 2. The molecule has 24 heavy (non-hydrogen) atoms. The van der Waals surface area contributed by atoms with Crippen LogP contribution in [-0.4, -0.2) is 20.9 Å². The van der Waals surface area contributed by atoms with E-state index in [0.29, 0.717) is 12.0 Å². The van der Waals surface area contributed by atoms with Crippen molar-refractivity contribution in [3.63, 3.8) is 0 Å². The fraction of sp³-hybridized carbons (Fsp3) is 0.381. The van der Waals surface area contributed by atoms with Crippen molar-refractivity contribution in [3.05, 3.63) is 65.0 Å². The van der Waals surface area contributed by atoms with E-state index in [9.17, 15) is 0 Å². The predicted octanol–water partition coefficient (Wildman–Crippen LogP) is 4.63. The van der Waals surface area contributed by atoms with E-state index in [1.54, 1.807) is 0 Å². The average molecular weight is 319 g/mol. The van der Waals surface area contributed by atoms with Gasteiger partial charge in [-0.3, -0.25) is 4.90 Å². The first-order valence-corrected chi connectivity index (χ1v) is 8.89. The Labute approximate surface area is 143 Å². The van der Waals surface area contributed by atoms with Gasteiger partial charge in [-0.2, -0.15) is 0 Å². The first-order chi connectivity index (χ1) is 11.6. The Bertz CT molecular complexity index is 837. The van der Waals surface area contributed by atoms with Crippen molar-refractivity contribution in [3.8, 4) is 0 Å². The van der Waals surface area contributed by atoms with E-state index in [-0.39, 0.29) is 0 Å². The van der Waals surface area contributed by atoms with Gasteiger partial charge in [-0.15, -0.1) is 0 Å². The lowest BCUT2D eigenvalue weighted by Gasteiger charge is -2.23. The summed E-state index contributed by atoms with van der Waals surface area (Å²) in [5, 5.41) is 0. The molecule has 1 atom stereocenters. The lowest BCUT2D eigenvalue weighted by atomic mass is 10.1. The first kappa shape index (κ1) is 15.4. The second-order valence-corrected chi connectivity index (χ2v) is 7.36. The molecule has 124 valence electrons. The Morgan fingerprint density at radius 1 is 1.04 bits per heavy atom. The van der Waals surface area contributed by atoms with Crippen LogP contribution in [0.3, 0.4) is 0 Å². The fourth-order valence-electron chi connectivity index (χ4n) is 3.62. The summed E-state index contributed by atoms with van der Waals surface area (Å²) in [7, 11) is 0. The summed E-state index contributed by atoms with van der Waals surface area (Å²) >= 11 is 0. The van der Waals surface area contributed by atoms with Crippen LogP contribution in [0, 0.1) is 0 Å². The Kier molecular flexibility index (Phi) is 3.89. The van der Waals surface area contributed by atoms with Crippen LogP contribution < -0.4 is 0 Å². The second-order valence-electron chi connectivity index (χ2n) is 7.36. The number of aromatic amines is 1. The van der Waals surface area contributed by atoms with E-state index in [0.717, 1.165) is 36.4 Å². The number of nitrogens with one attached hydrogen (secondary N) is 1. The van der Waals surface area contributed by atoms with E-state index in [4.69, 9.17) is 0 Å². The van der Waals surface area contributed by atoms with Gasteiger partial charge < -0.3 is 4.98 Å². The molecule has 0 spiro atoms. The topological polar surface area (TPSA) is 31.9 Å². The molecule has 0 radical (unpaired) electrons. The zero-order chi connectivity index (χ0) is 16.7. The largest absolute Gasteiger partial charge is 0.342 e. The van der Waals surface area contributed by atoms with Crippen LogP contribution in [0.5, 0.6) is 0 Å². The normalized spacial score (nSPS) is 16.0. The second kappa shape index (κ2) is 6.06. The Hall–Kier alpha value is -2.13. The van der Waals surface area contributed by atoms with Crippen molar-refractivity contribution < 1.29 is 0 Å². The number of imidazole rings is 1. The van der Waals surface area contributed by atoms with E-state index in [2.05, 4.69) is 78.1 Å².